The number of carboxylic acid groups (broad SMARTS) is 1. The van der Waals surface area contributed by atoms with Gasteiger partial charge in [0.25, 0.3) is 0 Å². The zero-order valence-corrected chi connectivity index (χ0v) is 14.8. The third-order valence-corrected chi connectivity index (χ3v) is 5.07. The maximum atomic E-state index is 12.6. The molecule has 0 spiro atoms. The zero-order valence-electron chi connectivity index (χ0n) is 14.8. The molecule has 2 aromatic rings. The molecule has 1 amide bonds. The molecular weight excluding hydrogens is 314 g/mol. The lowest BCUT2D eigenvalue weighted by atomic mass is 9.81. The van der Waals surface area contributed by atoms with E-state index in [-0.39, 0.29) is 12.3 Å². The van der Waals surface area contributed by atoms with E-state index in [1.807, 2.05) is 57.2 Å². The number of aryl methyl sites for hydroxylation is 3. The number of rotatable bonds is 4. The summed E-state index contributed by atoms with van der Waals surface area (Å²) in [5.41, 5.74) is 4.91. The van der Waals surface area contributed by atoms with E-state index in [4.69, 9.17) is 0 Å². The summed E-state index contributed by atoms with van der Waals surface area (Å²) >= 11 is 0. The van der Waals surface area contributed by atoms with Crippen LogP contribution >= 0.6 is 0 Å². The van der Waals surface area contributed by atoms with Gasteiger partial charge in [-0.15, -0.1) is 0 Å². The first-order valence-electron chi connectivity index (χ1n) is 8.49. The molecule has 0 saturated heterocycles. The molecule has 2 aromatic carbocycles. The van der Waals surface area contributed by atoms with Crippen molar-refractivity contribution in [2.45, 2.75) is 40.0 Å². The second kappa shape index (κ2) is 6.36. The SMILES string of the molecule is Cc1cc(C)c(NC(=O)CC2(C(=O)O)Cc3ccccc3C2)c(C)c1. The van der Waals surface area contributed by atoms with Crippen LogP contribution in [0.25, 0.3) is 0 Å². The molecule has 25 heavy (non-hydrogen) atoms. The Morgan fingerprint density at radius 2 is 1.56 bits per heavy atom. The summed E-state index contributed by atoms with van der Waals surface area (Å²) in [5.74, 6) is -1.15. The number of nitrogens with one attached hydrogen (secondary N) is 1. The first kappa shape index (κ1) is 17.2. The minimum absolute atomic E-state index is 0.0240. The normalized spacial score (nSPS) is 14.8. The molecule has 0 heterocycles. The van der Waals surface area contributed by atoms with Crippen molar-refractivity contribution in [2.75, 3.05) is 5.32 Å². The summed E-state index contributed by atoms with van der Waals surface area (Å²) in [6.07, 6.45) is 0.777. The lowest BCUT2D eigenvalue weighted by Gasteiger charge is -2.24. The molecule has 2 N–H and O–H groups in total. The van der Waals surface area contributed by atoms with Gasteiger partial charge in [0.05, 0.1) is 5.41 Å². The molecule has 0 aliphatic heterocycles. The van der Waals surface area contributed by atoms with Crippen LogP contribution in [0.3, 0.4) is 0 Å². The molecule has 4 nitrogen and oxygen atoms in total. The minimum Gasteiger partial charge on any atom is -0.481 e. The molecule has 1 aliphatic rings. The predicted molar refractivity (Wildman–Crippen MR) is 97.8 cm³/mol. The molecule has 4 heteroatoms. The molecule has 0 fully saturated rings. The lowest BCUT2D eigenvalue weighted by Crippen LogP contribution is -2.36. The van der Waals surface area contributed by atoms with Gasteiger partial charge in [-0.2, -0.15) is 0 Å². The molecule has 0 saturated carbocycles. The molecule has 1 aliphatic carbocycles. The smallest absolute Gasteiger partial charge is 0.310 e. The first-order valence-corrected chi connectivity index (χ1v) is 8.49. The second-order valence-electron chi connectivity index (χ2n) is 7.21. The fourth-order valence-corrected chi connectivity index (χ4v) is 3.91. The van der Waals surface area contributed by atoms with Crippen LogP contribution in [0.1, 0.15) is 34.2 Å². The summed E-state index contributed by atoms with van der Waals surface area (Å²) in [5, 5.41) is 12.8. The monoisotopic (exact) mass is 337 g/mol. The van der Waals surface area contributed by atoms with Gasteiger partial charge in [0.15, 0.2) is 0 Å². The van der Waals surface area contributed by atoms with E-state index in [1.165, 1.54) is 0 Å². The highest BCUT2D eigenvalue weighted by molar-refractivity contribution is 5.96. The van der Waals surface area contributed by atoms with Crippen molar-refractivity contribution < 1.29 is 14.7 Å². The van der Waals surface area contributed by atoms with E-state index in [0.717, 1.165) is 33.5 Å². The van der Waals surface area contributed by atoms with E-state index >= 15 is 0 Å². The average Bonchev–Trinajstić information content (AvgIpc) is 2.90. The van der Waals surface area contributed by atoms with Gasteiger partial charge >= 0.3 is 5.97 Å². The van der Waals surface area contributed by atoms with Crippen LogP contribution in [0.2, 0.25) is 0 Å². The number of fused-ring (bicyclic) bond motifs is 1. The van der Waals surface area contributed by atoms with Crippen molar-refractivity contribution in [2.24, 2.45) is 5.41 Å². The molecule has 130 valence electrons. The number of aliphatic carboxylic acids is 1. The third-order valence-electron chi connectivity index (χ3n) is 5.07. The van der Waals surface area contributed by atoms with Gasteiger partial charge in [-0.1, -0.05) is 42.0 Å². The zero-order chi connectivity index (χ0) is 18.2. The maximum absolute atomic E-state index is 12.6. The van der Waals surface area contributed by atoms with Crippen LogP contribution in [0.5, 0.6) is 0 Å². The average molecular weight is 337 g/mol. The van der Waals surface area contributed by atoms with Gasteiger partial charge in [-0.25, -0.2) is 0 Å². The van der Waals surface area contributed by atoms with Crippen molar-refractivity contribution in [1.29, 1.82) is 0 Å². The van der Waals surface area contributed by atoms with Gasteiger partial charge in [0.1, 0.15) is 0 Å². The number of carbonyl (C=O) groups is 2. The van der Waals surface area contributed by atoms with E-state index in [0.29, 0.717) is 12.8 Å². The Hall–Kier alpha value is -2.62. The molecular formula is C21H23NO3. The van der Waals surface area contributed by atoms with Crippen LogP contribution in [0.4, 0.5) is 5.69 Å². The third kappa shape index (κ3) is 3.29. The summed E-state index contributed by atoms with van der Waals surface area (Å²) in [6, 6.07) is 11.8. The van der Waals surface area contributed by atoms with E-state index < -0.39 is 11.4 Å². The number of hydrogen-bond acceptors (Lipinski definition) is 2. The number of amides is 1. The highest BCUT2D eigenvalue weighted by Crippen LogP contribution is 2.40. The van der Waals surface area contributed by atoms with Crippen molar-refractivity contribution in [3.8, 4) is 0 Å². The standard InChI is InChI=1S/C21H23NO3/c1-13-8-14(2)19(15(3)9-13)22-18(23)12-21(20(24)25)10-16-6-4-5-7-17(16)11-21/h4-9H,10-12H2,1-3H3,(H,22,23)(H,24,25). The summed E-state index contributed by atoms with van der Waals surface area (Å²) in [7, 11) is 0. The highest BCUT2D eigenvalue weighted by Gasteiger charge is 2.45. The van der Waals surface area contributed by atoms with Gasteiger partial charge in [0, 0.05) is 12.1 Å². The fourth-order valence-electron chi connectivity index (χ4n) is 3.91. The van der Waals surface area contributed by atoms with Crippen LogP contribution in [0.15, 0.2) is 36.4 Å². The van der Waals surface area contributed by atoms with E-state index in [1.54, 1.807) is 0 Å². The molecule has 0 unspecified atom stereocenters. The Morgan fingerprint density at radius 3 is 2.04 bits per heavy atom. The Bertz CT molecular complexity index is 806. The number of benzene rings is 2. The molecule has 0 aromatic heterocycles. The molecule has 0 bridgehead atoms. The summed E-state index contributed by atoms with van der Waals surface area (Å²) < 4.78 is 0. The Kier molecular flexibility index (Phi) is 4.38. The molecule has 3 rings (SSSR count). The van der Waals surface area contributed by atoms with Crippen molar-refractivity contribution in [3.05, 3.63) is 64.2 Å². The van der Waals surface area contributed by atoms with Gasteiger partial charge < -0.3 is 10.4 Å². The quantitative estimate of drug-likeness (QED) is 0.891. The molecule has 0 radical (unpaired) electrons. The fraction of sp³-hybridized carbons (Fsp3) is 0.333. The van der Waals surface area contributed by atoms with E-state index in [9.17, 15) is 14.7 Å². The summed E-state index contributed by atoms with van der Waals surface area (Å²) in [6.45, 7) is 5.92. The van der Waals surface area contributed by atoms with E-state index in [2.05, 4.69) is 5.32 Å². The maximum Gasteiger partial charge on any atom is 0.310 e. The topological polar surface area (TPSA) is 66.4 Å². The first-order chi connectivity index (χ1) is 11.8. The minimum atomic E-state index is -1.06. The van der Waals surface area contributed by atoms with Gasteiger partial charge in [-0.05, 0) is 55.9 Å². The predicted octanol–water partition coefficient (Wildman–Crippen LogP) is 3.81. The van der Waals surface area contributed by atoms with Crippen molar-refractivity contribution in [3.63, 3.8) is 0 Å². The Labute approximate surface area is 147 Å². The number of anilines is 1. The van der Waals surface area contributed by atoms with Crippen LogP contribution < -0.4 is 5.32 Å². The van der Waals surface area contributed by atoms with Crippen LogP contribution in [-0.4, -0.2) is 17.0 Å². The van der Waals surface area contributed by atoms with Crippen LogP contribution in [0, 0.1) is 26.2 Å². The van der Waals surface area contributed by atoms with Crippen LogP contribution in [-0.2, 0) is 22.4 Å². The number of carboxylic acids is 1. The number of hydrogen-bond donors (Lipinski definition) is 2. The number of carbonyl (C=O) groups excluding carboxylic acids is 1. The highest BCUT2D eigenvalue weighted by atomic mass is 16.4. The molecule has 0 atom stereocenters. The summed E-state index contributed by atoms with van der Waals surface area (Å²) in [4.78, 5) is 24.6. The lowest BCUT2D eigenvalue weighted by molar-refractivity contribution is -0.150. The van der Waals surface area contributed by atoms with Crippen molar-refractivity contribution >= 4 is 17.6 Å². The largest absolute Gasteiger partial charge is 0.481 e. The Balaban J connectivity index is 1.81. The van der Waals surface area contributed by atoms with Gasteiger partial charge in [-0.3, -0.25) is 9.59 Å². The Morgan fingerprint density at radius 1 is 1.04 bits per heavy atom. The van der Waals surface area contributed by atoms with Crippen molar-refractivity contribution in [1.82, 2.24) is 0 Å². The van der Waals surface area contributed by atoms with Gasteiger partial charge in [0.2, 0.25) is 5.91 Å². The second-order valence-corrected chi connectivity index (χ2v) is 7.21.